The smallest absolute Gasteiger partial charge is 0.194 e. The van der Waals surface area contributed by atoms with Gasteiger partial charge in [0.15, 0.2) is 6.29 Å². The zero-order valence-electron chi connectivity index (χ0n) is 27.5. The average molecular weight is 621 g/mol. The van der Waals surface area contributed by atoms with Crippen LogP contribution in [-0.4, -0.2) is 29.9 Å². The molecule has 2 atom stereocenters. The number of alkyl halides is 1. The van der Waals surface area contributed by atoms with Gasteiger partial charge in [-0.05, 0) is 134 Å². The van der Waals surface area contributed by atoms with Gasteiger partial charge in [-0.15, -0.1) is 11.8 Å². The minimum absolute atomic E-state index is 0. The number of aliphatic hydroxyl groups excluding tert-OH is 1. The van der Waals surface area contributed by atoms with E-state index in [0.717, 1.165) is 54.9 Å². The van der Waals surface area contributed by atoms with E-state index in [0.29, 0.717) is 24.0 Å². The number of aryl methyl sites for hydroxylation is 2. The van der Waals surface area contributed by atoms with E-state index < -0.39 is 6.29 Å². The molecular formula is C39H53FO3S. The number of fused-ring (bicyclic) bond motifs is 1. The Morgan fingerprint density at radius 3 is 2.27 bits per heavy atom. The van der Waals surface area contributed by atoms with Crippen molar-refractivity contribution in [2.45, 2.75) is 104 Å². The molecule has 240 valence electrons. The number of benzene rings is 3. The van der Waals surface area contributed by atoms with Crippen LogP contribution in [0.3, 0.4) is 0 Å². The van der Waals surface area contributed by atoms with Crippen molar-refractivity contribution < 1.29 is 20.4 Å². The molecule has 5 heteroatoms. The van der Waals surface area contributed by atoms with Crippen molar-refractivity contribution in [2.24, 2.45) is 11.8 Å². The van der Waals surface area contributed by atoms with Crippen LogP contribution in [0.15, 0.2) is 65.6 Å². The van der Waals surface area contributed by atoms with Crippen LogP contribution in [0.1, 0.15) is 102 Å². The molecule has 1 N–H and O–H groups in total. The lowest BCUT2D eigenvalue weighted by Crippen LogP contribution is -2.27. The fourth-order valence-corrected chi connectivity index (χ4v) is 7.76. The van der Waals surface area contributed by atoms with Gasteiger partial charge in [-0.25, -0.2) is 0 Å². The second kappa shape index (κ2) is 16.5. The Hall–Kier alpha value is -2.76. The molecule has 0 aromatic heterocycles. The van der Waals surface area contributed by atoms with Gasteiger partial charge in [0.05, 0.1) is 12.8 Å². The highest BCUT2D eigenvalue weighted by atomic mass is 32.2. The molecule has 1 aliphatic carbocycles. The van der Waals surface area contributed by atoms with Gasteiger partial charge in [-0.1, -0.05) is 63.6 Å². The summed E-state index contributed by atoms with van der Waals surface area (Å²) >= 11 is 1.82. The predicted octanol–water partition coefficient (Wildman–Crippen LogP) is 10.9. The highest BCUT2D eigenvalue weighted by Crippen LogP contribution is 2.46. The Balaban J connectivity index is 0.00000180. The molecular weight excluding hydrogens is 567 g/mol. The van der Waals surface area contributed by atoms with Gasteiger partial charge in [-0.3, -0.25) is 4.39 Å². The molecule has 3 nitrogen and oxygen atoms in total. The van der Waals surface area contributed by atoms with E-state index in [4.69, 9.17) is 9.47 Å². The molecule has 2 unspecified atom stereocenters. The van der Waals surface area contributed by atoms with E-state index in [2.05, 4.69) is 69.3 Å². The molecule has 0 radical (unpaired) electrons. The molecule has 3 aromatic carbocycles. The molecule has 3 aromatic rings. The van der Waals surface area contributed by atoms with Crippen molar-refractivity contribution in [1.82, 2.24) is 0 Å². The number of halogens is 1. The second-order valence-corrected chi connectivity index (χ2v) is 13.0. The lowest BCUT2D eigenvalue weighted by Gasteiger charge is -2.32. The summed E-state index contributed by atoms with van der Waals surface area (Å²) in [7, 11) is 0. The van der Waals surface area contributed by atoms with Gasteiger partial charge in [0.1, 0.15) is 11.5 Å². The SMILES string of the molecule is CC.CCc1cc(C)ccc1C1=C(c2ccc(OC3CCC(C(C)CCCF)CC3)cc2)c2ccc(OC(C)O)cc2SC1.[HH]. The first-order chi connectivity index (χ1) is 21.4. The van der Waals surface area contributed by atoms with Crippen molar-refractivity contribution >= 4 is 22.9 Å². The summed E-state index contributed by atoms with van der Waals surface area (Å²) in [6.45, 7) is 12.1. The Bertz CT molecular complexity index is 1380. The summed E-state index contributed by atoms with van der Waals surface area (Å²) in [5, 5.41) is 9.76. The normalized spacial score (nSPS) is 19.4. The number of rotatable bonds is 11. The minimum Gasteiger partial charge on any atom is -0.490 e. The van der Waals surface area contributed by atoms with Gasteiger partial charge in [0, 0.05) is 12.1 Å². The van der Waals surface area contributed by atoms with E-state index in [9.17, 15) is 9.50 Å². The maximum atomic E-state index is 12.6. The van der Waals surface area contributed by atoms with Gasteiger partial charge in [0.25, 0.3) is 0 Å². The third-order valence-electron chi connectivity index (χ3n) is 8.93. The van der Waals surface area contributed by atoms with Crippen LogP contribution in [-0.2, 0) is 6.42 Å². The molecule has 1 aliphatic heterocycles. The predicted molar refractivity (Wildman–Crippen MR) is 187 cm³/mol. The summed E-state index contributed by atoms with van der Waals surface area (Å²) in [5.41, 5.74) is 8.94. The summed E-state index contributed by atoms with van der Waals surface area (Å²) < 4.78 is 24.7. The molecule has 1 fully saturated rings. The van der Waals surface area contributed by atoms with E-state index in [1.807, 2.05) is 37.7 Å². The highest BCUT2D eigenvalue weighted by molar-refractivity contribution is 7.99. The Morgan fingerprint density at radius 1 is 0.932 bits per heavy atom. The van der Waals surface area contributed by atoms with Crippen molar-refractivity contribution in [3.05, 3.63) is 88.5 Å². The van der Waals surface area contributed by atoms with Crippen LogP contribution < -0.4 is 9.47 Å². The monoisotopic (exact) mass is 620 g/mol. The van der Waals surface area contributed by atoms with Gasteiger partial charge < -0.3 is 14.6 Å². The number of aliphatic hydroxyl groups is 1. The third-order valence-corrected chi connectivity index (χ3v) is 10.0. The molecule has 1 saturated carbocycles. The number of thioether (sulfide) groups is 1. The number of hydrogen-bond acceptors (Lipinski definition) is 4. The maximum Gasteiger partial charge on any atom is 0.194 e. The molecule has 2 aliphatic rings. The molecule has 0 saturated heterocycles. The van der Waals surface area contributed by atoms with Crippen molar-refractivity contribution in [3.8, 4) is 11.5 Å². The molecule has 5 rings (SSSR count). The zero-order valence-corrected chi connectivity index (χ0v) is 28.3. The fraction of sp³-hybridized carbons (Fsp3) is 0.487. The van der Waals surface area contributed by atoms with Crippen LogP contribution in [0.25, 0.3) is 11.1 Å². The highest BCUT2D eigenvalue weighted by Gasteiger charge is 2.27. The summed E-state index contributed by atoms with van der Waals surface area (Å²) in [5.74, 6) is 3.75. The summed E-state index contributed by atoms with van der Waals surface area (Å²) in [6, 6.07) is 21.6. The van der Waals surface area contributed by atoms with Crippen molar-refractivity contribution in [1.29, 1.82) is 0 Å². The average Bonchev–Trinajstić information content (AvgIpc) is 3.04. The van der Waals surface area contributed by atoms with E-state index in [1.54, 1.807) is 6.92 Å². The van der Waals surface area contributed by atoms with Crippen molar-refractivity contribution in [2.75, 3.05) is 12.4 Å². The molecule has 1 heterocycles. The maximum absolute atomic E-state index is 12.6. The van der Waals surface area contributed by atoms with Crippen LogP contribution >= 0.6 is 11.8 Å². The first kappa shape index (κ1) is 34.1. The van der Waals surface area contributed by atoms with E-state index in [-0.39, 0.29) is 14.2 Å². The fourth-order valence-electron chi connectivity index (χ4n) is 6.64. The van der Waals surface area contributed by atoms with Gasteiger partial charge in [-0.2, -0.15) is 0 Å². The molecule has 0 bridgehead atoms. The van der Waals surface area contributed by atoms with Gasteiger partial charge >= 0.3 is 0 Å². The lowest BCUT2D eigenvalue weighted by molar-refractivity contribution is -0.000457. The largest absolute Gasteiger partial charge is 0.490 e. The van der Waals surface area contributed by atoms with Crippen molar-refractivity contribution in [3.63, 3.8) is 0 Å². The Labute approximate surface area is 270 Å². The van der Waals surface area contributed by atoms with Crippen LogP contribution in [0.5, 0.6) is 11.5 Å². The minimum atomic E-state index is -0.853. The Kier molecular flexibility index (Phi) is 12.8. The third kappa shape index (κ3) is 8.48. The van der Waals surface area contributed by atoms with Crippen LogP contribution in [0, 0.1) is 18.8 Å². The first-order valence-electron chi connectivity index (χ1n) is 16.6. The molecule has 0 amide bonds. The second-order valence-electron chi connectivity index (χ2n) is 12.0. The standard InChI is InChI=1S/C37H45FO3S.C2H6.H2/c1-5-27-21-24(2)8-18-33(27)35-23-42-36-22-32(40-26(4)39)17-19-34(36)37(35)29-11-15-31(16-12-29)41-30-13-9-28(10-14-30)25(3)7-6-20-38;1-2;/h8,11-12,15-19,21-22,25-26,28,30,39H,5-7,9-10,13-14,20,23H2,1-4H3;1-2H3;1H. The zero-order chi connectivity index (χ0) is 31.6. The Morgan fingerprint density at radius 2 is 1.61 bits per heavy atom. The summed E-state index contributed by atoms with van der Waals surface area (Å²) in [6.07, 6.45) is 6.51. The number of ether oxygens (including phenoxy) is 2. The topological polar surface area (TPSA) is 38.7 Å². The summed E-state index contributed by atoms with van der Waals surface area (Å²) in [4.78, 5) is 1.16. The van der Waals surface area contributed by atoms with Crippen LogP contribution in [0.2, 0.25) is 0 Å². The van der Waals surface area contributed by atoms with E-state index in [1.165, 1.54) is 39.0 Å². The number of hydrogen-bond donors (Lipinski definition) is 1. The quantitative estimate of drug-likeness (QED) is 0.217. The molecule has 44 heavy (non-hydrogen) atoms. The molecule has 0 spiro atoms. The van der Waals surface area contributed by atoms with Gasteiger partial charge in [0.2, 0.25) is 0 Å². The van der Waals surface area contributed by atoms with Crippen LogP contribution in [0.4, 0.5) is 4.39 Å². The first-order valence-corrected chi connectivity index (χ1v) is 17.6. The lowest BCUT2D eigenvalue weighted by atomic mass is 9.78. The van der Waals surface area contributed by atoms with E-state index >= 15 is 0 Å².